The molecule has 0 heterocycles. The highest BCUT2D eigenvalue weighted by Crippen LogP contribution is 2.51. The fourth-order valence-electron chi connectivity index (χ4n) is 2.58. The van der Waals surface area contributed by atoms with Gasteiger partial charge in [-0.15, -0.1) is 4.33 Å². The molecular formula is C18H18F16O7S. The first-order valence-corrected chi connectivity index (χ1v) is 11.5. The number of ether oxygens (including phenoxy) is 2. The Morgan fingerprint density at radius 3 is 1.48 bits per heavy atom. The quantitative estimate of drug-likeness (QED) is 0.0381. The minimum absolute atomic E-state index is 0.171. The maximum atomic E-state index is 13.6. The molecule has 7 nitrogen and oxygen atoms in total. The summed E-state index contributed by atoms with van der Waals surface area (Å²) in [5.74, 6) is -44.1. The van der Waals surface area contributed by atoms with Gasteiger partial charge in [0, 0.05) is 17.8 Å². The van der Waals surface area contributed by atoms with Crippen molar-refractivity contribution in [1.82, 2.24) is 0 Å². The van der Waals surface area contributed by atoms with E-state index < -0.39 is 111 Å². The average Bonchev–Trinajstić information content (AvgIpc) is 2.84. The molecule has 0 rings (SSSR count). The summed E-state index contributed by atoms with van der Waals surface area (Å²) in [5.41, 5.74) is 0. The zero-order valence-electron chi connectivity index (χ0n) is 20.0. The van der Waals surface area contributed by atoms with Gasteiger partial charge in [-0.05, 0) is 6.42 Å². The van der Waals surface area contributed by atoms with Gasteiger partial charge < -0.3 is 9.47 Å². The first kappa shape index (κ1) is 40.1. The average molecular weight is 682 g/mol. The second-order valence-electron chi connectivity index (χ2n) is 7.95. The van der Waals surface area contributed by atoms with Crippen molar-refractivity contribution in [3.8, 4) is 0 Å². The summed E-state index contributed by atoms with van der Waals surface area (Å²) in [5, 5.41) is 11.1. The van der Waals surface area contributed by atoms with Crippen LogP contribution in [-0.2, 0) is 28.4 Å². The maximum absolute atomic E-state index is 13.6. The summed E-state index contributed by atoms with van der Waals surface area (Å²) in [6.07, 6.45) is -17.4. The number of esters is 2. The highest BCUT2D eigenvalue weighted by molar-refractivity contribution is 7.94. The Morgan fingerprint density at radius 2 is 1.10 bits per heavy atom. The van der Waals surface area contributed by atoms with E-state index in [-0.39, 0.29) is 12.0 Å². The largest absolute Gasteiger partial charge is 0.465 e. The Morgan fingerprint density at radius 1 is 0.690 bits per heavy atom. The van der Waals surface area contributed by atoms with Gasteiger partial charge in [-0.1, -0.05) is 5.04 Å². The van der Waals surface area contributed by atoms with Crippen LogP contribution in [0.2, 0.25) is 0 Å². The molecule has 0 bridgehead atoms. The molecule has 0 radical (unpaired) electrons. The van der Waals surface area contributed by atoms with Crippen LogP contribution < -0.4 is 0 Å². The third kappa shape index (κ3) is 9.53. The second kappa shape index (κ2) is 15.2. The van der Waals surface area contributed by atoms with Crippen LogP contribution >= 0.6 is 12.0 Å². The van der Waals surface area contributed by atoms with Crippen LogP contribution in [0.15, 0.2) is 0 Å². The lowest BCUT2D eigenvalue weighted by Crippen LogP contribution is -2.57. The SMILES string of the molecule is O=C(CC(CCSOOO)C(=O)OCCC(F)(F)C(F)(F)C(F)(F)C(F)F)OCCC(F)(F)C(F)(F)C(F)(F)C(F)F. The zero-order chi connectivity index (χ0) is 33.4. The van der Waals surface area contributed by atoms with Gasteiger partial charge in [0.2, 0.25) is 0 Å². The lowest BCUT2D eigenvalue weighted by Gasteiger charge is -2.32. The Bertz CT molecular complexity index is 875. The molecule has 250 valence electrons. The molecule has 0 aliphatic rings. The lowest BCUT2D eigenvalue weighted by molar-refractivity contribution is -0.432. The molecule has 0 aromatic heterocycles. The monoisotopic (exact) mass is 682 g/mol. The van der Waals surface area contributed by atoms with Gasteiger partial charge in [-0.25, -0.2) is 22.8 Å². The van der Waals surface area contributed by atoms with E-state index in [9.17, 15) is 79.8 Å². The molecule has 0 saturated heterocycles. The van der Waals surface area contributed by atoms with Crippen LogP contribution in [0.25, 0.3) is 0 Å². The normalized spacial score (nSPS) is 14.8. The van der Waals surface area contributed by atoms with Crippen LogP contribution in [0, 0.1) is 5.92 Å². The van der Waals surface area contributed by atoms with E-state index in [4.69, 9.17) is 5.26 Å². The summed E-state index contributed by atoms with van der Waals surface area (Å²) < 4.78 is 219. The topological polar surface area (TPSA) is 91.3 Å². The van der Waals surface area contributed by atoms with E-state index in [0.29, 0.717) is 0 Å². The molecule has 0 amide bonds. The number of rotatable bonds is 20. The molecule has 0 fully saturated rings. The second-order valence-corrected chi connectivity index (χ2v) is 8.73. The molecular weight excluding hydrogens is 664 g/mol. The first-order valence-electron chi connectivity index (χ1n) is 10.6. The van der Waals surface area contributed by atoms with E-state index in [0.717, 1.165) is 0 Å². The summed E-state index contributed by atoms with van der Waals surface area (Å²) >= 11 is 0.171. The van der Waals surface area contributed by atoms with Crippen molar-refractivity contribution in [1.29, 1.82) is 0 Å². The van der Waals surface area contributed by atoms with E-state index in [1.54, 1.807) is 0 Å². The van der Waals surface area contributed by atoms with E-state index in [2.05, 4.69) is 18.8 Å². The van der Waals surface area contributed by atoms with Crippen molar-refractivity contribution in [2.75, 3.05) is 19.0 Å². The molecule has 24 heteroatoms. The predicted octanol–water partition coefficient (Wildman–Crippen LogP) is 6.66. The summed E-state index contributed by atoms with van der Waals surface area (Å²) in [6.45, 7) is -3.69. The molecule has 0 saturated carbocycles. The molecule has 0 aromatic carbocycles. The van der Waals surface area contributed by atoms with Gasteiger partial charge in [0.25, 0.3) is 0 Å². The molecule has 0 aromatic rings. The third-order valence-electron chi connectivity index (χ3n) is 5.02. The fraction of sp³-hybridized carbons (Fsp3) is 0.889. The molecule has 0 aliphatic carbocycles. The van der Waals surface area contributed by atoms with Crippen LogP contribution in [0.5, 0.6) is 0 Å². The van der Waals surface area contributed by atoms with E-state index in [1.165, 1.54) is 0 Å². The zero-order valence-corrected chi connectivity index (χ0v) is 20.9. The summed E-state index contributed by atoms with van der Waals surface area (Å²) in [6, 6.07) is 0. The number of hydrogen-bond acceptors (Lipinski definition) is 8. The maximum Gasteiger partial charge on any atom is 0.377 e. The highest BCUT2D eigenvalue weighted by atomic mass is 32.2. The van der Waals surface area contributed by atoms with Crippen LogP contribution in [0.4, 0.5) is 70.2 Å². The Balaban J connectivity index is 5.33. The van der Waals surface area contributed by atoms with Gasteiger partial charge in [0.15, 0.2) is 0 Å². The van der Waals surface area contributed by atoms with E-state index in [1.807, 2.05) is 0 Å². The molecule has 1 atom stereocenters. The number of hydrogen-bond donors (Lipinski definition) is 1. The predicted molar refractivity (Wildman–Crippen MR) is 103 cm³/mol. The minimum atomic E-state index is -6.64. The van der Waals surface area contributed by atoms with Gasteiger partial charge in [0.05, 0.1) is 38.4 Å². The number of alkyl halides is 16. The summed E-state index contributed by atoms with van der Waals surface area (Å²) in [4.78, 5) is 23.9. The van der Waals surface area contributed by atoms with Crippen molar-refractivity contribution in [3.63, 3.8) is 0 Å². The third-order valence-corrected chi connectivity index (χ3v) is 5.58. The van der Waals surface area contributed by atoms with Crippen LogP contribution in [0.3, 0.4) is 0 Å². The fourth-order valence-corrected chi connectivity index (χ4v) is 3.07. The van der Waals surface area contributed by atoms with Crippen molar-refractivity contribution in [2.45, 2.75) is 74.1 Å². The van der Waals surface area contributed by atoms with Crippen LogP contribution in [-0.4, -0.2) is 84.5 Å². The van der Waals surface area contributed by atoms with Gasteiger partial charge in [-0.2, -0.15) is 52.7 Å². The number of halogens is 16. The molecule has 42 heavy (non-hydrogen) atoms. The standard InChI is InChI=1S/C18H18F16O7S/c19-11(20)15(27,28)17(31,32)13(23,24)2-4-38-9(35)7-8(1-6-42-41-40-37)10(36)39-5-3-14(25,26)18(33,34)16(29,30)12(21)22/h8,11-12,37H,1-7H2. The molecule has 1 N–H and O–H groups in total. The Kier molecular flexibility index (Phi) is 14.5. The van der Waals surface area contributed by atoms with Crippen molar-refractivity contribution >= 4 is 24.0 Å². The molecule has 0 spiro atoms. The molecule has 1 unspecified atom stereocenters. The number of carbonyl (C=O) groups is 2. The Hall–Kier alpha value is -1.95. The van der Waals surface area contributed by atoms with Crippen molar-refractivity contribution < 1.29 is 104 Å². The molecule has 0 aliphatic heterocycles. The first-order chi connectivity index (χ1) is 18.8. The number of carbonyl (C=O) groups excluding carboxylic acids is 2. The summed E-state index contributed by atoms with van der Waals surface area (Å²) in [7, 11) is 0. The smallest absolute Gasteiger partial charge is 0.377 e. The Labute approximate surface area is 227 Å². The van der Waals surface area contributed by atoms with E-state index >= 15 is 0 Å². The van der Waals surface area contributed by atoms with Gasteiger partial charge >= 0.3 is 60.3 Å². The minimum Gasteiger partial charge on any atom is -0.465 e. The lowest BCUT2D eigenvalue weighted by atomic mass is 10.0. The van der Waals surface area contributed by atoms with Crippen molar-refractivity contribution in [3.05, 3.63) is 0 Å². The van der Waals surface area contributed by atoms with Crippen molar-refractivity contribution in [2.24, 2.45) is 5.92 Å². The van der Waals surface area contributed by atoms with Gasteiger partial charge in [-0.3, -0.25) is 9.59 Å². The van der Waals surface area contributed by atoms with Gasteiger partial charge in [0.1, 0.15) is 0 Å². The van der Waals surface area contributed by atoms with Crippen LogP contribution in [0.1, 0.15) is 25.7 Å². The highest BCUT2D eigenvalue weighted by Gasteiger charge is 2.76.